The third kappa shape index (κ3) is 5.07. The second kappa shape index (κ2) is 10.7. The van der Waals surface area contributed by atoms with Crippen molar-refractivity contribution in [3.05, 3.63) is 40.5 Å². The molecule has 37 heavy (non-hydrogen) atoms. The van der Waals surface area contributed by atoms with Crippen LogP contribution in [-0.2, 0) is 16.1 Å². The van der Waals surface area contributed by atoms with Crippen LogP contribution in [0.5, 0.6) is 11.5 Å². The molecule has 0 aliphatic carbocycles. The predicted molar refractivity (Wildman–Crippen MR) is 139 cm³/mol. The molecule has 3 N–H and O–H groups in total. The molecule has 2 unspecified atom stereocenters. The van der Waals surface area contributed by atoms with Gasteiger partial charge in [-0.1, -0.05) is 29.8 Å². The number of amides is 4. The fraction of sp³-hybridized carbons (Fsp3) is 0.348. The Morgan fingerprint density at radius 3 is 2.51 bits per heavy atom. The van der Waals surface area contributed by atoms with E-state index in [4.69, 9.17) is 32.7 Å². The number of aromatic nitrogens is 2. The molecule has 4 rings (SSSR count). The molecule has 0 radical (unpaired) electrons. The summed E-state index contributed by atoms with van der Waals surface area (Å²) in [5, 5.41) is 8.96. The lowest BCUT2D eigenvalue weighted by atomic mass is 10.00. The van der Waals surface area contributed by atoms with Crippen LogP contribution in [0.4, 0.5) is 22.2 Å². The van der Waals surface area contributed by atoms with Crippen molar-refractivity contribution in [1.82, 2.24) is 20.6 Å². The highest BCUT2D eigenvalue weighted by Crippen LogP contribution is 2.47. The van der Waals surface area contributed by atoms with E-state index in [2.05, 4.69) is 32.5 Å². The van der Waals surface area contributed by atoms with Crippen molar-refractivity contribution in [1.29, 1.82) is 0 Å². The van der Waals surface area contributed by atoms with Crippen LogP contribution in [0.1, 0.15) is 12.0 Å². The number of piperidine rings is 1. The van der Waals surface area contributed by atoms with Gasteiger partial charge in [0.15, 0.2) is 0 Å². The number of ether oxygens (including phenoxy) is 2. The van der Waals surface area contributed by atoms with Gasteiger partial charge in [-0.2, -0.15) is 4.98 Å². The maximum absolute atomic E-state index is 13.4. The molecule has 0 bridgehead atoms. The highest BCUT2D eigenvalue weighted by molar-refractivity contribution is 6.42. The number of rotatable bonds is 7. The molecule has 1 aromatic carbocycles. The van der Waals surface area contributed by atoms with Gasteiger partial charge in [0.25, 0.3) is 0 Å². The van der Waals surface area contributed by atoms with Gasteiger partial charge in [0, 0.05) is 37.8 Å². The standard InChI is InChI=1S/C23H25Cl2N7O5/c1-5-16(33)28-12-6-17(34)26-9-13(12)29-22-27-8-11-10-32(23(35)31(2)21(11)30-22)20-18(24)14(36-3)7-15(37-4)19(20)25/h5,7-8,12-13H,1,6,9-10H2,2-4H3,(H,26,34)(H,28,33)(H,27,29,30). The summed E-state index contributed by atoms with van der Waals surface area (Å²) in [5.74, 6) is 0.628. The lowest BCUT2D eigenvalue weighted by Crippen LogP contribution is -2.57. The van der Waals surface area contributed by atoms with E-state index in [0.717, 1.165) is 6.08 Å². The number of methoxy groups -OCH3 is 2. The smallest absolute Gasteiger partial charge is 0.330 e. The molecule has 2 aromatic rings. The van der Waals surface area contributed by atoms with E-state index in [1.807, 2.05) is 0 Å². The number of nitrogens with zero attached hydrogens (tertiary/aromatic N) is 4. The predicted octanol–water partition coefficient (Wildman–Crippen LogP) is 2.35. The normalized spacial score (nSPS) is 19.1. The monoisotopic (exact) mass is 549 g/mol. The molecule has 1 saturated heterocycles. The van der Waals surface area contributed by atoms with E-state index in [9.17, 15) is 14.4 Å². The van der Waals surface area contributed by atoms with Crippen LogP contribution in [0.3, 0.4) is 0 Å². The van der Waals surface area contributed by atoms with Crippen LogP contribution in [-0.4, -0.2) is 67.7 Å². The second-order valence-corrected chi connectivity index (χ2v) is 9.06. The fourth-order valence-electron chi connectivity index (χ4n) is 4.15. The number of nitrogens with one attached hydrogen (secondary N) is 3. The average Bonchev–Trinajstić information content (AvgIpc) is 2.89. The molecule has 1 aromatic heterocycles. The Balaban J connectivity index is 1.63. The van der Waals surface area contributed by atoms with Gasteiger partial charge in [-0.25, -0.2) is 9.78 Å². The van der Waals surface area contributed by atoms with Crippen molar-refractivity contribution < 1.29 is 23.9 Å². The van der Waals surface area contributed by atoms with Gasteiger partial charge in [0.1, 0.15) is 27.4 Å². The number of carbonyl (C=O) groups excluding carboxylic acids is 3. The first kappa shape index (κ1) is 26.3. The Labute approximate surface area is 222 Å². The first-order valence-corrected chi connectivity index (χ1v) is 11.9. The highest BCUT2D eigenvalue weighted by Gasteiger charge is 2.36. The quantitative estimate of drug-likeness (QED) is 0.447. The maximum Gasteiger partial charge on any atom is 0.330 e. The Hall–Kier alpha value is -3.77. The molecule has 196 valence electrons. The van der Waals surface area contributed by atoms with Crippen molar-refractivity contribution in [2.45, 2.75) is 25.0 Å². The summed E-state index contributed by atoms with van der Waals surface area (Å²) in [6.45, 7) is 3.78. The van der Waals surface area contributed by atoms with Gasteiger partial charge < -0.3 is 25.4 Å². The number of urea groups is 1. The summed E-state index contributed by atoms with van der Waals surface area (Å²) in [6, 6.07) is 0.223. The third-order valence-corrected chi connectivity index (χ3v) is 6.79. The fourth-order valence-corrected chi connectivity index (χ4v) is 4.86. The van der Waals surface area contributed by atoms with Crippen molar-refractivity contribution in [2.75, 3.05) is 42.9 Å². The Kier molecular flexibility index (Phi) is 7.60. The third-order valence-electron chi connectivity index (χ3n) is 6.06. The largest absolute Gasteiger partial charge is 0.495 e. The summed E-state index contributed by atoms with van der Waals surface area (Å²) >= 11 is 13.1. The van der Waals surface area contributed by atoms with Gasteiger partial charge >= 0.3 is 6.03 Å². The highest BCUT2D eigenvalue weighted by atomic mass is 35.5. The zero-order valence-corrected chi connectivity index (χ0v) is 21.8. The molecule has 4 amide bonds. The van der Waals surface area contributed by atoms with Gasteiger partial charge in [-0.05, 0) is 6.08 Å². The molecule has 0 saturated carbocycles. The Morgan fingerprint density at radius 2 is 1.89 bits per heavy atom. The summed E-state index contributed by atoms with van der Waals surface area (Å²) in [6.07, 6.45) is 2.81. The molecule has 14 heteroatoms. The zero-order chi connectivity index (χ0) is 26.9. The van der Waals surface area contributed by atoms with Crippen molar-refractivity contribution in [3.63, 3.8) is 0 Å². The van der Waals surface area contributed by atoms with Crippen LogP contribution in [0.15, 0.2) is 24.9 Å². The van der Waals surface area contributed by atoms with Crippen LogP contribution >= 0.6 is 23.2 Å². The average molecular weight is 550 g/mol. The van der Waals surface area contributed by atoms with Gasteiger partial charge in [-0.3, -0.25) is 19.4 Å². The Morgan fingerprint density at radius 1 is 1.22 bits per heavy atom. The molecule has 1 fully saturated rings. The molecule has 2 aliphatic rings. The number of hydrogen-bond donors (Lipinski definition) is 3. The first-order chi connectivity index (χ1) is 17.7. The summed E-state index contributed by atoms with van der Waals surface area (Å²) in [7, 11) is 4.47. The van der Waals surface area contributed by atoms with Crippen LogP contribution < -0.4 is 35.2 Å². The minimum atomic E-state index is -0.499. The SMILES string of the molecule is C=CC(=O)NC1CC(=O)NCC1Nc1ncc2c(n1)N(C)C(=O)N(c1c(Cl)c(OC)cc(OC)c1Cl)C2. The summed E-state index contributed by atoms with van der Waals surface area (Å²) in [4.78, 5) is 48.8. The van der Waals surface area contributed by atoms with E-state index >= 15 is 0 Å². The van der Waals surface area contributed by atoms with E-state index in [0.29, 0.717) is 22.9 Å². The number of anilines is 3. The Bertz CT molecular complexity index is 1250. The van der Waals surface area contributed by atoms with Crippen LogP contribution in [0.25, 0.3) is 0 Å². The zero-order valence-electron chi connectivity index (χ0n) is 20.3. The molecule has 2 atom stereocenters. The van der Waals surface area contributed by atoms with Gasteiger partial charge in [-0.15, -0.1) is 0 Å². The van der Waals surface area contributed by atoms with Crippen LogP contribution in [0.2, 0.25) is 10.0 Å². The van der Waals surface area contributed by atoms with Crippen molar-refractivity contribution in [3.8, 4) is 11.5 Å². The van der Waals surface area contributed by atoms with E-state index in [1.165, 1.54) is 24.0 Å². The summed E-state index contributed by atoms with van der Waals surface area (Å²) < 4.78 is 10.7. The van der Waals surface area contributed by atoms with Gasteiger partial charge in [0.05, 0.1) is 38.5 Å². The molecule has 2 aliphatic heterocycles. The number of carbonyl (C=O) groups is 3. The maximum atomic E-state index is 13.4. The number of hydrogen-bond acceptors (Lipinski definition) is 8. The van der Waals surface area contributed by atoms with E-state index in [-0.39, 0.29) is 53.1 Å². The number of halogens is 2. The minimum Gasteiger partial charge on any atom is -0.495 e. The van der Waals surface area contributed by atoms with Gasteiger partial charge in [0.2, 0.25) is 17.8 Å². The van der Waals surface area contributed by atoms with Crippen molar-refractivity contribution >= 4 is 58.5 Å². The van der Waals surface area contributed by atoms with E-state index < -0.39 is 18.0 Å². The van der Waals surface area contributed by atoms with E-state index in [1.54, 1.807) is 19.3 Å². The lowest BCUT2D eigenvalue weighted by molar-refractivity contribution is -0.123. The summed E-state index contributed by atoms with van der Waals surface area (Å²) in [5.41, 5.74) is 0.873. The minimum absolute atomic E-state index is 0.0844. The molecule has 3 heterocycles. The molecular formula is C23H25Cl2N7O5. The molecule has 12 nitrogen and oxygen atoms in total. The van der Waals surface area contributed by atoms with Crippen molar-refractivity contribution in [2.24, 2.45) is 0 Å². The number of benzene rings is 1. The molecule has 0 spiro atoms. The topological polar surface area (TPSA) is 138 Å². The first-order valence-electron chi connectivity index (χ1n) is 11.2. The lowest BCUT2D eigenvalue weighted by Gasteiger charge is -2.36. The molecular weight excluding hydrogens is 525 g/mol. The second-order valence-electron chi connectivity index (χ2n) is 8.31. The van der Waals surface area contributed by atoms with Crippen LogP contribution in [0, 0.1) is 0 Å². The number of fused-ring (bicyclic) bond motifs is 1.